The summed E-state index contributed by atoms with van der Waals surface area (Å²) in [6.07, 6.45) is 6.19. The lowest BCUT2D eigenvalue weighted by molar-refractivity contribution is 0.294. The Morgan fingerprint density at radius 3 is 2.29 bits per heavy atom. The number of hydrogen-bond donors (Lipinski definition) is 0. The van der Waals surface area contributed by atoms with Gasteiger partial charge < -0.3 is 9.47 Å². The van der Waals surface area contributed by atoms with Gasteiger partial charge in [0.2, 0.25) is 0 Å². The highest BCUT2D eigenvalue weighted by Gasteiger charge is 2.05. The number of rotatable bonds is 10. The molecule has 0 N–H and O–H groups in total. The van der Waals surface area contributed by atoms with Crippen molar-refractivity contribution in [2.45, 2.75) is 39.5 Å². The fourth-order valence-electron chi connectivity index (χ4n) is 2.16. The van der Waals surface area contributed by atoms with Crippen LogP contribution in [0, 0.1) is 0 Å². The molecule has 0 saturated heterocycles. The Bertz CT molecular complexity index is 623. The molecule has 2 aromatic carbocycles. The van der Waals surface area contributed by atoms with Crippen LogP contribution >= 0.6 is 0 Å². The quantitative estimate of drug-likeness (QED) is 0.408. The molecule has 0 aromatic heterocycles. The van der Waals surface area contributed by atoms with Crippen LogP contribution in [0.5, 0.6) is 11.5 Å². The summed E-state index contributed by atoms with van der Waals surface area (Å²) in [4.78, 5) is 4.52. The van der Waals surface area contributed by atoms with Gasteiger partial charge >= 0.3 is 0 Å². The molecule has 0 fully saturated rings. The first-order valence-electron chi connectivity index (χ1n) is 8.82. The normalized spacial score (nSPS) is 10.9. The van der Waals surface area contributed by atoms with E-state index >= 15 is 0 Å². The molecule has 0 bridgehead atoms. The summed E-state index contributed by atoms with van der Waals surface area (Å²) in [5, 5.41) is 0. The molecule has 24 heavy (non-hydrogen) atoms. The molecule has 0 spiro atoms. The average molecular weight is 325 g/mol. The van der Waals surface area contributed by atoms with Crippen molar-refractivity contribution >= 4 is 11.9 Å². The van der Waals surface area contributed by atoms with Gasteiger partial charge in [0.05, 0.1) is 18.9 Å². The van der Waals surface area contributed by atoms with Gasteiger partial charge in [-0.25, -0.2) is 0 Å². The zero-order valence-corrected chi connectivity index (χ0v) is 14.7. The second kappa shape index (κ2) is 10.5. The molecule has 0 aliphatic rings. The van der Waals surface area contributed by atoms with Crippen LogP contribution in [0.1, 0.15) is 45.1 Å². The first-order valence-corrected chi connectivity index (χ1v) is 8.82. The minimum Gasteiger partial charge on any atom is -0.493 e. The lowest BCUT2D eigenvalue weighted by Crippen LogP contribution is -2.02. The Labute approximate surface area is 145 Å². The molecule has 0 heterocycles. The van der Waals surface area contributed by atoms with Crippen molar-refractivity contribution in [2.75, 3.05) is 13.2 Å². The van der Waals surface area contributed by atoms with Gasteiger partial charge in [0, 0.05) is 17.8 Å². The van der Waals surface area contributed by atoms with Crippen LogP contribution in [0.25, 0.3) is 0 Å². The summed E-state index contributed by atoms with van der Waals surface area (Å²) < 4.78 is 11.7. The Morgan fingerprint density at radius 2 is 1.58 bits per heavy atom. The van der Waals surface area contributed by atoms with E-state index in [1.54, 1.807) is 0 Å². The number of aliphatic imine (C=N–C) groups is 1. The van der Waals surface area contributed by atoms with E-state index in [2.05, 4.69) is 18.8 Å². The molecule has 0 unspecified atom stereocenters. The molecule has 0 saturated carbocycles. The Balaban J connectivity index is 2.13. The lowest BCUT2D eigenvalue weighted by Gasteiger charge is -2.12. The van der Waals surface area contributed by atoms with Gasteiger partial charge in [-0.15, -0.1) is 0 Å². The summed E-state index contributed by atoms with van der Waals surface area (Å²) in [7, 11) is 0. The monoisotopic (exact) mass is 325 g/mol. The fourth-order valence-corrected chi connectivity index (χ4v) is 2.16. The molecule has 0 aliphatic carbocycles. The van der Waals surface area contributed by atoms with Crippen molar-refractivity contribution in [3.63, 3.8) is 0 Å². The number of hydrogen-bond acceptors (Lipinski definition) is 3. The smallest absolute Gasteiger partial charge is 0.131 e. The van der Waals surface area contributed by atoms with Gasteiger partial charge in [-0.05, 0) is 37.1 Å². The number of para-hydroxylation sites is 1. The van der Waals surface area contributed by atoms with Crippen LogP contribution in [0.15, 0.2) is 53.5 Å². The first-order chi connectivity index (χ1) is 11.8. The van der Waals surface area contributed by atoms with Gasteiger partial charge in [0.1, 0.15) is 11.5 Å². The maximum atomic E-state index is 5.94. The molecule has 2 rings (SSSR count). The topological polar surface area (TPSA) is 30.8 Å². The zero-order chi connectivity index (χ0) is 17.0. The van der Waals surface area contributed by atoms with Gasteiger partial charge in [0.25, 0.3) is 0 Å². The van der Waals surface area contributed by atoms with Crippen molar-refractivity contribution in [1.29, 1.82) is 0 Å². The van der Waals surface area contributed by atoms with Crippen molar-refractivity contribution in [3.8, 4) is 11.5 Å². The van der Waals surface area contributed by atoms with Crippen LogP contribution in [-0.4, -0.2) is 19.4 Å². The van der Waals surface area contributed by atoms with Crippen LogP contribution < -0.4 is 9.47 Å². The third kappa shape index (κ3) is 6.07. The molecular formula is C21H27NO2. The van der Waals surface area contributed by atoms with Gasteiger partial charge in [0.15, 0.2) is 0 Å². The summed E-state index contributed by atoms with van der Waals surface area (Å²) in [6.45, 7) is 5.76. The number of ether oxygens (including phenoxy) is 2. The first kappa shape index (κ1) is 18.1. The van der Waals surface area contributed by atoms with Crippen LogP contribution in [0.3, 0.4) is 0 Å². The number of benzene rings is 2. The minimum atomic E-state index is 0.709. The predicted molar refractivity (Wildman–Crippen MR) is 101 cm³/mol. The van der Waals surface area contributed by atoms with Crippen molar-refractivity contribution < 1.29 is 9.47 Å². The summed E-state index contributed by atoms with van der Waals surface area (Å²) in [5.74, 6) is 1.68. The van der Waals surface area contributed by atoms with Crippen molar-refractivity contribution in [2.24, 2.45) is 4.99 Å². The van der Waals surface area contributed by atoms with Gasteiger partial charge in [-0.1, -0.05) is 44.9 Å². The van der Waals surface area contributed by atoms with E-state index in [0.29, 0.717) is 6.61 Å². The van der Waals surface area contributed by atoms with E-state index in [4.69, 9.17) is 9.47 Å². The maximum absolute atomic E-state index is 5.94. The van der Waals surface area contributed by atoms with Crippen molar-refractivity contribution in [1.82, 2.24) is 0 Å². The Morgan fingerprint density at radius 1 is 0.875 bits per heavy atom. The van der Waals surface area contributed by atoms with Crippen molar-refractivity contribution in [3.05, 3.63) is 54.1 Å². The minimum absolute atomic E-state index is 0.709. The van der Waals surface area contributed by atoms with Crippen LogP contribution in [0.4, 0.5) is 5.69 Å². The predicted octanol–water partition coefficient (Wildman–Crippen LogP) is 5.80. The molecule has 2 aromatic rings. The van der Waals surface area contributed by atoms with E-state index in [1.165, 1.54) is 0 Å². The zero-order valence-electron chi connectivity index (χ0n) is 14.7. The second-order valence-corrected chi connectivity index (χ2v) is 5.70. The molecule has 0 radical (unpaired) electrons. The molecule has 3 nitrogen and oxygen atoms in total. The average Bonchev–Trinajstić information content (AvgIpc) is 2.62. The number of nitrogens with zero attached hydrogens (tertiary/aromatic N) is 1. The van der Waals surface area contributed by atoms with Gasteiger partial charge in [-0.3, -0.25) is 4.99 Å². The molecule has 0 aliphatic heterocycles. The van der Waals surface area contributed by atoms with Crippen LogP contribution in [0.2, 0.25) is 0 Å². The standard InChI is InChI=1S/C21H27NO2/c1-3-5-14-23-20-13-12-18(21(16-20)24-15-6-4-2)17-22-19-10-8-7-9-11-19/h7-13,16-17H,3-6,14-15H2,1-2H3. The van der Waals surface area contributed by atoms with E-state index < -0.39 is 0 Å². The molecule has 3 heteroatoms. The largest absolute Gasteiger partial charge is 0.493 e. The van der Waals surface area contributed by atoms with E-state index in [9.17, 15) is 0 Å². The molecular weight excluding hydrogens is 298 g/mol. The maximum Gasteiger partial charge on any atom is 0.131 e. The summed E-state index contributed by atoms with van der Waals surface area (Å²) in [6, 6.07) is 15.9. The molecule has 128 valence electrons. The van der Waals surface area contributed by atoms with E-state index in [1.807, 2.05) is 54.7 Å². The lowest BCUT2D eigenvalue weighted by atomic mass is 10.2. The third-order valence-corrected chi connectivity index (χ3v) is 3.62. The second-order valence-electron chi connectivity index (χ2n) is 5.70. The summed E-state index contributed by atoms with van der Waals surface area (Å²) >= 11 is 0. The third-order valence-electron chi connectivity index (χ3n) is 3.62. The van der Waals surface area contributed by atoms with E-state index in [-0.39, 0.29) is 0 Å². The number of unbranched alkanes of at least 4 members (excludes halogenated alkanes) is 2. The summed E-state index contributed by atoms with van der Waals surface area (Å²) in [5.41, 5.74) is 1.90. The molecule has 0 amide bonds. The Hall–Kier alpha value is -2.29. The highest BCUT2D eigenvalue weighted by Crippen LogP contribution is 2.25. The fraction of sp³-hybridized carbons (Fsp3) is 0.381. The molecule has 0 atom stereocenters. The van der Waals surface area contributed by atoms with Gasteiger partial charge in [-0.2, -0.15) is 0 Å². The highest BCUT2D eigenvalue weighted by molar-refractivity contribution is 5.85. The highest BCUT2D eigenvalue weighted by atomic mass is 16.5. The van der Waals surface area contributed by atoms with Crippen LogP contribution in [-0.2, 0) is 0 Å². The van der Waals surface area contributed by atoms with E-state index in [0.717, 1.165) is 55.0 Å². The Kier molecular flexibility index (Phi) is 7.88. The SMILES string of the molecule is CCCCOc1ccc(C=Nc2ccccc2)c(OCCCC)c1.